The van der Waals surface area contributed by atoms with Crippen molar-refractivity contribution in [2.45, 2.75) is 20.3 Å². The van der Waals surface area contributed by atoms with E-state index in [9.17, 15) is 4.79 Å². The van der Waals surface area contributed by atoms with Crippen molar-refractivity contribution < 1.29 is 4.79 Å². The Balaban J connectivity index is 2.44. The van der Waals surface area contributed by atoms with E-state index in [2.05, 4.69) is 26.6 Å². The first kappa shape index (κ1) is 14.1. The minimum atomic E-state index is -0.0605. The molecule has 92 valence electrons. The molecule has 0 atom stereocenters. The minimum absolute atomic E-state index is 0.0605. The van der Waals surface area contributed by atoms with Crippen LogP contribution in [0.25, 0.3) is 0 Å². The summed E-state index contributed by atoms with van der Waals surface area (Å²) in [4.78, 5) is 11.5. The number of halogens is 1. The van der Waals surface area contributed by atoms with E-state index in [0.717, 1.165) is 10.2 Å². The summed E-state index contributed by atoms with van der Waals surface area (Å²) in [5.74, 6) is 0.264. The van der Waals surface area contributed by atoms with Crippen molar-refractivity contribution >= 4 is 44.9 Å². The Morgan fingerprint density at radius 3 is 2.47 bits per heavy atom. The molecule has 0 unspecified atom stereocenters. The van der Waals surface area contributed by atoms with Gasteiger partial charge in [0.25, 0.3) is 0 Å². The quantitative estimate of drug-likeness (QED) is 0.841. The number of rotatable bonds is 3. The first-order valence-electron chi connectivity index (χ1n) is 5.34. The van der Waals surface area contributed by atoms with Gasteiger partial charge in [0.1, 0.15) is 0 Å². The van der Waals surface area contributed by atoms with Gasteiger partial charge in [-0.15, -0.1) is 0 Å². The molecule has 0 aromatic heterocycles. The molecule has 0 radical (unpaired) electrons. The van der Waals surface area contributed by atoms with Crippen LogP contribution in [0.5, 0.6) is 0 Å². The predicted molar refractivity (Wildman–Crippen MR) is 78.0 cm³/mol. The summed E-state index contributed by atoms with van der Waals surface area (Å²) in [7, 11) is 0. The van der Waals surface area contributed by atoms with Gasteiger partial charge in [0.2, 0.25) is 5.91 Å². The van der Waals surface area contributed by atoms with Gasteiger partial charge in [0.05, 0.1) is 0 Å². The van der Waals surface area contributed by atoms with Crippen molar-refractivity contribution in [1.82, 2.24) is 5.32 Å². The number of nitrogens with one attached hydrogen (secondary N) is 2. The molecule has 0 fully saturated rings. The topological polar surface area (TPSA) is 41.1 Å². The molecule has 0 aliphatic rings. The molecule has 0 heterocycles. The maximum Gasteiger partial charge on any atom is 0.226 e. The highest BCUT2D eigenvalue weighted by Gasteiger charge is 2.06. The molecule has 1 aromatic rings. The number of hydrogen-bond acceptors (Lipinski definition) is 2. The summed E-state index contributed by atoms with van der Waals surface area (Å²) in [6.07, 6.45) is 0.474. The normalized spacial score (nSPS) is 10.1. The van der Waals surface area contributed by atoms with E-state index in [4.69, 9.17) is 12.2 Å². The van der Waals surface area contributed by atoms with Gasteiger partial charge in [-0.1, -0.05) is 29.8 Å². The predicted octanol–water partition coefficient (Wildman–Crippen LogP) is 3.31. The van der Waals surface area contributed by atoms with Crippen LogP contribution in [-0.2, 0) is 4.79 Å². The zero-order valence-electron chi connectivity index (χ0n) is 9.79. The smallest absolute Gasteiger partial charge is 0.226 e. The molecule has 0 spiro atoms. The Labute approximate surface area is 115 Å². The summed E-state index contributed by atoms with van der Waals surface area (Å²) in [5, 5.41) is 5.93. The summed E-state index contributed by atoms with van der Waals surface area (Å²) in [5.41, 5.74) is 0.850. The molecule has 17 heavy (non-hydrogen) atoms. The van der Waals surface area contributed by atoms with E-state index in [0.29, 0.717) is 17.5 Å². The van der Waals surface area contributed by atoms with Gasteiger partial charge in [0.15, 0.2) is 5.11 Å². The molecule has 0 aliphatic heterocycles. The van der Waals surface area contributed by atoms with E-state index in [1.54, 1.807) is 0 Å². The van der Waals surface area contributed by atoms with Crippen LogP contribution in [0.15, 0.2) is 28.7 Å². The Bertz CT molecular complexity index is 403. The van der Waals surface area contributed by atoms with E-state index >= 15 is 0 Å². The van der Waals surface area contributed by atoms with Crippen molar-refractivity contribution in [3.05, 3.63) is 28.7 Å². The van der Waals surface area contributed by atoms with Crippen molar-refractivity contribution in [2.75, 3.05) is 5.32 Å². The number of thiocarbonyl (C=S) groups is 1. The molecule has 0 aliphatic carbocycles. The zero-order chi connectivity index (χ0) is 12.8. The summed E-state index contributed by atoms with van der Waals surface area (Å²) < 4.78 is 0.998. The second-order valence-corrected chi connectivity index (χ2v) is 5.43. The maximum absolute atomic E-state index is 11.5. The lowest BCUT2D eigenvalue weighted by Crippen LogP contribution is -2.34. The zero-order valence-corrected chi connectivity index (χ0v) is 12.2. The molecule has 2 N–H and O–H groups in total. The fourth-order valence-corrected chi connectivity index (χ4v) is 1.74. The molecule has 5 heteroatoms. The van der Waals surface area contributed by atoms with Crippen LogP contribution in [0.3, 0.4) is 0 Å². The third-order valence-corrected chi connectivity index (χ3v) is 2.68. The molecule has 0 bridgehead atoms. The first-order valence-corrected chi connectivity index (χ1v) is 6.54. The second kappa shape index (κ2) is 6.71. The Hall–Kier alpha value is -0.940. The molecule has 1 aromatic carbocycles. The summed E-state index contributed by atoms with van der Waals surface area (Å²) in [6, 6.07) is 7.57. The molecule has 1 rings (SSSR count). The number of anilines is 1. The maximum atomic E-state index is 11.5. The largest absolute Gasteiger partial charge is 0.332 e. The molecular formula is C12H15BrN2OS. The average molecular weight is 315 g/mol. The van der Waals surface area contributed by atoms with Gasteiger partial charge < -0.3 is 10.6 Å². The fourth-order valence-electron chi connectivity index (χ4n) is 1.24. The van der Waals surface area contributed by atoms with Crippen LogP contribution in [-0.4, -0.2) is 11.0 Å². The van der Waals surface area contributed by atoms with Crippen LogP contribution >= 0.6 is 28.1 Å². The number of benzene rings is 1. The van der Waals surface area contributed by atoms with Crippen LogP contribution in [0, 0.1) is 5.92 Å². The molecule has 1 amide bonds. The lowest BCUT2D eigenvalue weighted by Gasteiger charge is -2.10. The van der Waals surface area contributed by atoms with Gasteiger partial charge >= 0.3 is 0 Å². The van der Waals surface area contributed by atoms with Gasteiger partial charge in [-0.05, 0) is 42.4 Å². The minimum Gasteiger partial charge on any atom is -0.332 e. The van der Waals surface area contributed by atoms with E-state index in [-0.39, 0.29) is 5.91 Å². The fraction of sp³-hybridized carbons (Fsp3) is 0.333. The van der Waals surface area contributed by atoms with Crippen LogP contribution < -0.4 is 10.6 Å². The van der Waals surface area contributed by atoms with Crippen LogP contribution in [0.2, 0.25) is 0 Å². The van der Waals surface area contributed by atoms with Crippen molar-refractivity contribution in [3.63, 3.8) is 0 Å². The molecule has 0 saturated heterocycles. The van der Waals surface area contributed by atoms with Crippen LogP contribution in [0.1, 0.15) is 20.3 Å². The van der Waals surface area contributed by atoms with Gasteiger partial charge in [-0.25, -0.2) is 0 Å². The Morgan fingerprint density at radius 2 is 1.94 bits per heavy atom. The Morgan fingerprint density at radius 1 is 1.35 bits per heavy atom. The SMILES string of the molecule is CC(C)CC(=O)NC(=S)Nc1ccc(Br)cc1. The monoisotopic (exact) mass is 314 g/mol. The number of carbonyl (C=O) groups excluding carboxylic acids is 1. The molecule has 0 saturated carbocycles. The van der Waals surface area contributed by atoms with E-state index in [1.165, 1.54) is 0 Å². The highest BCUT2D eigenvalue weighted by Crippen LogP contribution is 2.13. The first-order chi connectivity index (χ1) is 7.97. The van der Waals surface area contributed by atoms with Gasteiger partial charge in [-0.3, -0.25) is 4.79 Å². The van der Waals surface area contributed by atoms with Crippen LogP contribution in [0.4, 0.5) is 5.69 Å². The highest BCUT2D eigenvalue weighted by molar-refractivity contribution is 9.10. The van der Waals surface area contributed by atoms with Gasteiger partial charge in [0, 0.05) is 16.6 Å². The van der Waals surface area contributed by atoms with E-state index in [1.807, 2.05) is 38.1 Å². The lowest BCUT2D eigenvalue weighted by molar-refractivity contribution is -0.120. The van der Waals surface area contributed by atoms with Crippen molar-refractivity contribution in [3.8, 4) is 0 Å². The summed E-state index contributed by atoms with van der Waals surface area (Å²) in [6.45, 7) is 3.98. The van der Waals surface area contributed by atoms with E-state index < -0.39 is 0 Å². The second-order valence-electron chi connectivity index (χ2n) is 4.11. The summed E-state index contributed by atoms with van der Waals surface area (Å²) >= 11 is 8.39. The number of amides is 1. The van der Waals surface area contributed by atoms with Gasteiger partial charge in [-0.2, -0.15) is 0 Å². The number of hydrogen-bond donors (Lipinski definition) is 2. The van der Waals surface area contributed by atoms with Crippen molar-refractivity contribution in [2.24, 2.45) is 5.92 Å². The third-order valence-electron chi connectivity index (χ3n) is 1.95. The molecular weight excluding hydrogens is 300 g/mol. The lowest BCUT2D eigenvalue weighted by atomic mass is 10.1. The van der Waals surface area contributed by atoms with Crippen molar-refractivity contribution in [1.29, 1.82) is 0 Å². The highest BCUT2D eigenvalue weighted by atomic mass is 79.9. The third kappa shape index (κ3) is 5.79. The molecule has 3 nitrogen and oxygen atoms in total. The Kier molecular flexibility index (Phi) is 5.58. The number of carbonyl (C=O) groups is 1. The average Bonchev–Trinajstić information content (AvgIpc) is 2.19. The standard InChI is InChI=1S/C12H15BrN2OS/c1-8(2)7-11(16)15-12(17)14-10-5-3-9(13)4-6-10/h3-6,8H,7H2,1-2H3,(H2,14,15,16,17).